The number of hydrogen-bond acceptors (Lipinski definition) is 3. The lowest BCUT2D eigenvalue weighted by atomic mass is 9.80. The first-order valence-electron chi connectivity index (χ1n) is 10.7. The smallest absolute Gasteiger partial charge is 0.333 e. The molecule has 0 aromatic carbocycles. The van der Waals surface area contributed by atoms with E-state index in [0.29, 0.717) is 18.1 Å². The van der Waals surface area contributed by atoms with Gasteiger partial charge in [-0.1, -0.05) is 72.1 Å². The summed E-state index contributed by atoms with van der Waals surface area (Å²) in [6.45, 7) is 5.83. The summed E-state index contributed by atoms with van der Waals surface area (Å²) in [5, 5.41) is 18.7. The van der Waals surface area contributed by atoms with Crippen LogP contribution in [-0.4, -0.2) is 28.1 Å². The maximum Gasteiger partial charge on any atom is 0.333 e. The molecule has 0 radical (unpaired) electrons. The molecule has 1 aliphatic carbocycles. The van der Waals surface area contributed by atoms with Gasteiger partial charge in [-0.2, -0.15) is 0 Å². The van der Waals surface area contributed by atoms with Gasteiger partial charge in [0, 0.05) is 17.8 Å². The molecular formula is C22H40O4. The maximum absolute atomic E-state index is 12.2. The van der Waals surface area contributed by atoms with Crippen molar-refractivity contribution in [3.05, 3.63) is 0 Å². The summed E-state index contributed by atoms with van der Waals surface area (Å²) in [7, 11) is 0. The lowest BCUT2D eigenvalue weighted by Gasteiger charge is -2.28. The number of unbranched alkanes of at least 4 members (excludes halogenated alkanes) is 6. The monoisotopic (exact) mass is 368 g/mol. The number of hydrogen-bond donors (Lipinski definition) is 2. The number of rotatable bonds is 14. The number of carboxylic acids is 1. The van der Waals surface area contributed by atoms with Gasteiger partial charge < -0.3 is 10.2 Å². The Morgan fingerprint density at radius 3 is 2.35 bits per heavy atom. The summed E-state index contributed by atoms with van der Waals surface area (Å²) < 4.78 is 0. The standard InChI is InChI=1S/C22H40O4/c1-4-5-6-7-8-9-12-17-14-15-19(23)18(17)13-10-11-16-22(2,3)20(24)21(25)26/h17-18,20,24H,4-16H2,1-3H3,(H,25,26)/t17-,18+,20?/m0/s1. The minimum absolute atomic E-state index is 0.221. The summed E-state index contributed by atoms with van der Waals surface area (Å²) >= 11 is 0. The topological polar surface area (TPSA) is 74.6 Å². The van der Waals surface area contributed by atoms with Crippen LogP contribution in [0.2, 0.25) is 0 Å². The van der Waals surface area contributed by atoms with Gasteiger partial charge in [0.05, 0.1) is 0 Å². The number of carboxylic acid groups (broad SMARTS) is 1. The fourth-order valence-corrected chi connectivity index (χ4v) is 4.32. The zero-order valence-corrected chi connectivity index (χ0v) is 17.1. The van der Waals surface area contributed by atoms with Crippen LogP contribution in [0.1, 0.15) is 104 Å². The summed E-state index contributed by atoms with van der Waals surface area (Å²) in [6, 6.07) is 0. The summed E-state index contributed by atoms with van der Waals surface area (Å²) in [5.74, 6) is 0.0650. The highest BCUT2D eigenvalue weighted by Gasteiger charge is 2.35. The van der Waals surface area contributed by atoms with Gasteiger partial charge in [0.15, 0.2) is 6.10 Å². The molecule has 0 aromatic rings. The van der Waals surface area contributed by atoms with Crippen molar-refractivity contribution in [2.45, 2.75) is 110 Å². The van der Waals surface area contributed by atoms with Crippen LogP contribution in [0.5, 0.6) is 0 Å². The van der Waals surface area contributed by atoms with Crippen LogP contribution >= 0.6 is 0 Å². The van der Waals surface area contributed by atoms with Gasteiger partial charge >= 0.3 is 5.97 Å². The molecule has 0 aliphatic heterocycles. The third-order valence-electron chi connectivity index (χ3n) is 6.23. The van der Waals surface area contributed by atoms with Crippen molar-refractivity contribution >= 4 is 11.8 Å². The van der Waals surface area contributed by atoms with Crippen LogP contribution < -0.4 is 0 Å². The van der Waals surface area contributed by atoms with E-state index >= 15 is 0 Å². The Balaban J connectivity index is 2.28. The molecule has 0 saturated heterocycles. The van der Waals surface area contributed by atoms with Crippen LogP contribution in [0.3, 0.4) is 0 Å². The first-order valence-corrected chi connectivity index (χ1v) is 10.7. The van der Waals surface area contributed by atoms with Gasteiger partial charge in [0.2, 0.25) is 0 Å². The molecule has 0 heterocycles. The molecule has 3 atom stereocenters. The minimum atomic E-state index is -1.32. The van der Waals surface area contributed by atoms with Gasteiger partial charge in [0.1, 0.15) is 5.78 Å². The van der Waals surface area contributed by atoms with E-state index in [9.17, 15) is 14.7 Å². The normalized spacial score (nSPS) is 21.9. The molecule has 0 aromatic heterocycles. The molecule has 1 fully saturated rings. The number of carbonyl (C=O) groups excluding carboxylic acids is 1. The number of ketones is 1. The van der Waals surface area contributed by atoms with Gasteiger partial charge in [-0.3, -0.25) is 4.79 Å². The fraction of sp³-hybridized carbons (Fsp3) is 0.909. The second-order valence-electron chi connectivity index (χ2n) is 8.90. The Kier molecular flexibility index (Phi) is 10.4. The third kappa shape index (κ3) is 7.77. The predicted molar refractivity (Wildman–Crippen MR) is 105 cm³/mol. The van der Waals surface area contributed by atoms with Gasteiger partial charge in [-0.15, -0.1) is 0 Å². The van der Waals surface area contributed by atoms with E-state index in [4.69, 9.17) is 5.11 Å². The Labute approximate surface area is 159 Å². The van der Waals surface area contributed by atoms with Crippen molar-refractivity contribution < 1.29 is 19.8 Å². The highest BCUT2D eigenvalue weighted by molar-refractivity contribution is 5.83. The molecule has 0 amide bonds. The van der Waals surface area contributed by atoms with Crippen molar-refractivity contribution in [1.29, 1.82) is 0 Å². The minimum Gasteiger partial charge on any atom is -0.479 e. The maximum atomic E-state index is 12.2. The van der Waals surface area contributed by atoms with Crippen molar-refractivity contribution in [3.63, 3.8) is 0 Å². The number of carbonyl (C=O) groups is 2. The summed E-state index contributed by atoms with van der Waals surface area (Å²) in [5.41, 5.74) is -0.622. The largest absolute Gasteiger partial charge is 0.479 e. The molecule has 2 N–H and O–H groups in total. The molecule has 1 unspecified atom stereocenters. The van der Waals surface area contributed by atoms with Gasteiger partial charge in [-0.05, 0) is 31.6 Å². The van der Waals surface area contributed by atoms with Gasteiger partial charge in [0.25, 0.3) is 0 Å². The molecule has 26 heavy (non-hydrogen) atoms. The average molecular weight is 369 g/mol. The summed E-state index contributed by atoms with van der Waals surface area (Å²) in [4.78, 5) is 23.2. The van der Waals surface area contributed by atoms with Crippen LogP contribution in [0.25, 0.3) is 0 Å². The van der Waals surface area contributed by atoms with E-state index in [-0.39, 0.29) is 5.92 Å². The van der Waals surface area contributed by atoms with E-state index in [0.717, 1.165) is 32.1 Å². The molecule has 0 spiro atoms. The van der Waals surface area contributed by atoms with Crippen molar-refractivity contribution in [1.82, 2.24) is 0 Å². The van der Waals surface area contributed by atoms with E-state index in [1.165, 1.54) is 44.9 Å². The van der Waals surface area contributed by atoms with Gasteiger partial charge in [-0.25, -0.2) is 4.79 Å². The molecular weight excluding hydrogens is 328 g/mol. The van der Waals surface area contributed by atoms with E-state index < -0.39 is 17.5 Å². The third-order valence-corrected chi connectivity index (χ3v) is 6.23. The van der Waals surface area contributed by atoms with Crippen molar-refractivity contribution in [2.75, 3.05) is 0 Å². The average Bonchev–Trinajstić information content (AvgIpc) is 2.94. The first-order chi connectivity index (χ1) is 12.3. The van der Waals surface area contributed by atoms with E-state index in [2.05, 4.69) is 6.92 Å². The first kappa shape index (κ1) is 23.1. The van der Waals surface area contributed by atoms with Crippen LogP contribution in [0, 0.1) is 17.3 Å². The fourth-order valence-electron chi connectivity index (χ4n) is 4.32. The number of aliphatic hydroxyl groups excluding tert-OH is 1. The second kappa shape index (κ2) is 11.7. The lowest BCUT2D eigenvalue weighted by molar-refractivity contribution is -0.153. The number of aliphatic hydroxyl groups is 1. The zero-order valence-electron chi connectivity index (χ0n) is 17.1. The van der Waals surface area contributed by atoms with Crippen molar-refractivity contribution in [2.24, 2.45) is 17.3 Å². The molecule has 4 nitrogen and oxygen atoms in total. The summed E-state index contributed by atoms with van der Waals surface area (Å²) in [6.07, 6.45) is 12.9. The molecule has 1 saturated carbocycles. The molecule has 1 aliphatic rings. The predicted octanol–water partition coefficient (Wildman–Crippen LogP) is 5.36. The molecule has 152 valence electrons. The quantitative estimate of drug-likeness (QED) is 0.404. The molecule has 4 heteroatoms. The Morgan fingerprint density at radius 1 is 1.08 bits per heavy atom. The van der Waals surface area contributed by atoms with E-state index in [1.807, 2.05) is 0 Å². The Hall–Kier alpha value is -0.900. The van der Waals surface area contributed by atoms with Crippen LogP contribution in [0.4, 0.5) is 0 Å². The van der Waals surface area contributed by atoms with Crippen molar-refractivity contribution in [3.8, 4) is 0 Å². The number of aliphatic carboxylic acids is 1. The second-order valence-corrected chi connectivity index (χ2v) is 8.90. The van der Waals surface area contributed by atoms with Crippen LogP contribution in [0.15, 0.2) is 0 Å². The van der Waals surface area contributed by atoms with Crippen LogP contribution in [-0.2, 0) is 9.59 Å². The Morgan fingerprint density at radius 2 is 1.69 bits per heavy atom. The lowest BCUT2D eigenvalue weighted by Crippen LogP contribution is -2.36. The van der Waals surface area contributed by atoms with E-state index in [1.54, 1.807) is 13.8 Å². The Bertz CT molecular complexity index is 430. The zero-order chi connectivity index (χ0) is 19.6. The SMILES string of the molecule is CCCCCCCC[C@H]1CCC(=O)[C@@H]1CCCCC(C)(C)C(O)C(=O)O. The number of Topliss-reactive ketones (excluding diaryl/α,β-unsaturated/α-hetero) is 1. The molecule has 0 bridgehead atoms. The highest BCUT2D eigenvalue weighted by atomic mass is 16.4. The highest BCUT2D eigenvalue weighted by Crippen LogP contribution is 2.37. The molecule has 1 rings (SSSR count).